The Labute approximate surface area is 453 Å². The molecule has 422 valence electrons. The van der Waals surface area contributed by atoms with Crippen LogP contribution >= 0.6 is 0 Å². The van der Waals surface area contributed by atoms with Crippen molar-refractivity contribution >= 4 is 103 Å². The number of allylic oxidation sites excluding steroid dienone is 3. The third-order valence-corrected chi connectivity index (χ3v) is 12.6. The summed E-state index contributed by atoms with van der Waals surface area (Å²) >= 11 is 0. The monoisotopic (exact) mass is 1090 g/mol. The van der Waals surface area contributed by atoms with Gasteiger partial charge in [0.15, 0.2) is 5.43 Å². The van der Waals surface area contributed by atoms with Crippen molar-refractivity contribution in [3.8, 4) is 5.75 Å². The fourth-order valence-corrected chi connectivity index (χ4v) is 8.66. The van der Waals surface area contributed by atoms with Crippen molar-refractivity contribution < 1.29 is 78.2 Å². The number of hydrogen-bond acceptors (Lipinski definition) is 12. The Balaban J connectivity index is 0.000000351. The molecule has 5 aromatic rings. The quantitative estimate of drug-likeness (QED) is 0.00716. The average molecular weight is 1090 g/mol. The molecule has 0 aliphatic rings. The standard InChI is InChI=1S/C29H20O5.C28H47N5O12/c1-3-5-23(29(32)33)20(4-2)26-24-10-6-16-14-18(30)8-12-21(16)27(24)34-28-22-13-9-19(31)15-17(22)7-11-25(26)28;1-18(34)29-16-8-6-10-19(25(39)40)31-23(36)13-5-3-2-4-12-22(35)30-17-9-7-11-20(26(41)42)32-28(45)33-21(27(43)44)14-15-24(37)38/h3-15,30H,1H2,2H3,(H,32,33);19-21H,2-17H2,1H3,(H,29,34)(H,30,35)(H,31,36)(H,37,38)(H,39,40)(H,41,42)(H,43,44)(H2,32,33,45)/b20-4+,23-5+;/t;19?,20-,21?/m.0/s1. The first kappa shape index (κ1) is 62.5. The number of nitrogens with one attached hydrogen (secondary N) is 5. The van der Waals surface area contributed by atoms with Crippen molar-refractivity contribution in [3.63, 3.8) is 0 Å². The maximum absolute atomic E-state index is 12.2. The van der Waals surface area contributed by atoms with E-state index in [1.807, 2.05) is 24.3 Å². The summed E-state index contributed by atoms with van der Waals surface area (Å²) in [5.41, 5.74) is 2.33. The van der Waals surface area contributed by atoms with E-state index in [1.165, 1.54) is 25.1 Å². The van der Waals surface area contributed by atoms with E-state index in [1.54, 1.807) is 43.3 Å². The van der Waals surface area contributed by atoms with Crippen molar-refractivity contribution in [2.24, 2.45) is 0 Å². The van der Waals surface area contributed by atoms with Gasteiger partial charge in [0.05, 0.1) is 5.57 Å². The molecule has 0 bridgehead atoms. The van der Waals surface area contributed by atoms with Crippen LogP contribution in [-0.2, 0) is 38.4 Å². The van der Waals surface area contributed by atoms with Crippen molar-refractivity contribution in [2.45, 2.75) is 122 Å². The van der Waals surface area contributed by atoms with Gasteiger partial charge in [-0.25, -0.2) is 24.0 Å². The van der Waals surface area contributed by atoms with Gasteiger partial charge in [-0.3, -0.25) is 24.0 Å². The average Bonchev–Trinajstić information content (AvgIpc) is 3.54. The normalized spacial score (nSPS) is 12.6. The van der Waals surface area contributed by atoms with Crippen LogP contribution in [0.15, 0.2) is 100 Å². The van der Waals surface area contributed by atoms with Gasteiger partial charge in [0.25, 0.3) is 0 Å². The number of aromatic hydroxyl groups is 1. The number of carbonyl (C=O) groups is 9. The topological polar surface area (TPSA) is 365 Å². The minimum atomic E-state index is -1.49. The number of carboxylic acids is 5. The third-order valence-electron chi connectivity index (χ3n) is 12.6. The van der Waals surface area contributed by atoms with Crippen molar-refractivity contribution in [3.05, 3.63) is 107 Å². The molecular weight excluding hydrogens is 1030 g/mol. The zero-order chi connectivity index (χ0) is 58.2. The molecule has 4 aromatic carbocycles. The molecule has 0 saturated heterocycles. The lowest BCUT2D eigenvalue weighted by Crippen LogP contribution is -2.51. The van der Waals surface area contributed by atoms with Crippen LogP contribution in [0.4, 0.5) is 4.79 Å². The Kier molecular flexibility index (Phi) is 24.7. The van der Waals surface area contributed by atoms with Crippen molar-refractivity contribution in [2.75, 3.05) is 13.1 Å². The summed E-state index contributed by atoms with van der Waals surface area (Å²) in [5.74, 6) is -6.78. The van der Waals surface area contributed by atoms with Crippen molar-refractivity contribution in [1.29, 1.82) is 0 Å². The van der Waals surface area contributed by atoms with E-state index in [4.69, 9.17) is 14.6 Å². The maximum atomic E-state index is 12.2. The number of carbonyl (C=O) groups excluding carboxylic acids is 4. The second-order valence-corrected chi connectivity index (χ2v) is 18.5. The molecule has 0 saturated carbocycles. The first-order valence-electron chi connectivity index (χ1n) is 25.7. The van der Waals surface area contributed by atoms with Crippen LogP contribution in [0.5, 0.6) is 5.75 Å². The van der Waals surface area contributed by atoms with Gasteiger partial charge in [-0.1, -0.05) is 43.7 Å². The zero-order valence-electron chi connectivity index (χ0n) is 43.9. The van der Waals surface area contributed by atoms with Gasteiger partial charge < -0.3 is 61.6 Å². The predicted molar refractivity (Wildman–Crippen MR) is 294 cm³/mol. The lowest BCUT2D eigenvalue weighted by atomic mass is 9.89. The minimum Gasteiger partial charge on any atom is -0.508 e. The van der Waals surface area contributed by atoms with E-state index in [2.05, 4.69) is 33.2 Å². The molecule has 1 aromatic heterocycles. The molecule has 0 fully saturated rings. The summed E-state index contributed by atoms with van der Waals surface area (Å²) in [6.07, 6.45) is 8.94. The largest absolute Gasteiger partial charge is 0.508 e. The molecule has 0 spiro atoms. The van der Waals surface area contributed by atoms with Gasteiger partial charge >= 0.3 is 35.9 Å². The van der Waals surface area contributed by atoms with Crippen LogP contribution in [0.25, 0.3) is 49.1 Å². The fraction of sp³-hybridized carbons (Fsp3) is 0.368. The minimum absolute atomic E-state index is 0.0187. The Morgan fingerprint density at radius 2 is 1.09 bits per heavy atom. The van der Waals surface area contributed by atoms with Crippen LogP contribution in [0.2, 0.25) is 0 Å². The van der Waals surface area contributed by atoms with Crippen LogP contribution in [0.1, 0.15) is 109 Å². The van der Waals surface area contributed by atoms with Gasteiger partial charge in [-0.15, -0.1) is 0 Å². The number of aliphatic carboxylic acids is 5. The summed E-state index contributed by atoms with van der Waals surface area (Å²) in [7, 11) is 0. The molecule has 1 heterocycles. The molecule has 0 aliphatic carbocycles. The Morgan fingerprint density at radius 1 is 0.582 bits per heavy atom. The van der Waals surface area contributed by atoms with Crippen LogP contribution in [0.3, 0.4) is 0 Å². The van der Waals surface area contributed by atoms with E-state index in [9.17, 15) is 68.4 Å². The van der Waals surface area contributed by atoms with E-state index in [0.717, 1.165) is 32.3 Å². The molecule has 0 aliphatic heterocycles. The molecule has 22 heteroatoms. The highest BCUT2D eigenvalue weighted by molar-refractivity contribution is 6.21. The van der Waals surface area contributed by atoms with Gasteiger partial charge in [0.1, 0.15) is 35.0 Å². The van der Waals surface area contributed by atoms with Gasteiger partial charge in [-0.2, -0.15) is 0 Å². The second kappa shape index (κ2) is 31.2. The van der Waals surface area contributed by atoms with Gasteiger partial charge in [0.2, 0.25) is 17.7 Å². The first-order chi connectivity index (χ1) is 37.6. The number of amides is 5. The summed E-state index contributed by atoms with van der Waals surface area (Å²) in [5, 5.41) is 72.9. The number of urea groups is 1. The molecule has 3 atom stereocenters. The van der Waals surface area contributed by atoms with E-state index < -0.39 is 60.4 Å². The highest BCUT2D eigenvalue weighted by Crippen LogP contribution is 2.42. The molecule has 2 unspecified atom stereocenters. The summed E-state index contributed by atoms with van der Waals surface area (Å²) in [4.78, 5) is 116. The number of fused-ring (bicyclic) bond motifs is 6. The zero-order valence-corrected chi connectivity index (χ0v) is 43.9. The van der Waals surface area contributed by atoms with Gasteiger partial charge in [-0.05, 0) is 136 Å². The first-order valence-corrected chi connectivity index (χ1v) is 25.7. The number of rotatable bonds is 30. The molecule has 79 heavy (non-hydrogen) atoms. The van der Waals surface area contributed by atoms with E-state index >= 15 is 0 Å². The molecule has 5 amide bonds. The number of unbranched alkanes of at least 4 members (excludes halogenated alkanes) is 5. The number of carboxylic acid groups (broad SMARTS) is 5. The molecule has 5 rings (SSSR count). The summed E-state index contributed by atoms with van der Waals surface area (Å²) < 4.78 is 6.49. The summed E-state index contributed by atoms with van der Waals surface area (Å²) in [6, 6.07) is 12.4. The number of benzene rings is 4. The smallest absolute Gasteiger partial charge is 0.336 e. The van der Waals surface area contributed by atoms with Crippen LogP contribution in [0, 0.1) is 0 Å². The maximum Gasteiger partial charge on any atom is 0.336 e. The Bertz CT molecular complexity index is 3200. The lowest BCUT2D eigenvalue weighted by molar-refractivity contribution is -0.142. The SMILES string of the molecule is C=C/C=C(C(=O)O)\C(=C/C)c1c2ccc3cc(O)ccc3c2oc2c1ccc1cc(=O)ccc12.CC(=O)NCCCCC(NC(=O)CCCCCCC(=O)NCCCC[C@H](NC(=O)NC(CCC(=O)O)C(=O)O)C(=O)O)C(=O)O. The van der Waals surface area contributed by atoms with Crippen molar-refractivity contribution in [1.82, 2.24) is 26.6 Å². The highest BCUT2D eigenvalue weighted by Gasteiger charge is 2.26. The Hall–Kier alpha value is -9.08. The highest BCUT2D eigenvalue weighted by atomic mass is 16.4. The molecule has 0 radical (unpaired) electrons. The third kappa shape index (κ3) is 19.5. The number of hydrogen-bond donors (Lipinski definition) is 11. The van der Waals surface area contributed by atoms with Crippen LogP contribution in [-0.4, -0.2) is 115 Å². The number of phenols is 1. The van der Waals surface area contributed by atoms with Gasteiger partial charge in [0, 0.05) is 66.4 Å². The van der Waals surface area contributed by atoms with E-state index in [-0.39, 0.29) is 73.1 Å². The van der Waals surface area contributed by atoms with E-state index in [0.29, 0.717) is 80.2 Å². The number of phenolic OH excluding ortho intramolecular Hbond substituents is 1. The summed E-state index contributed by atoms with van der Waals surface area (Å²) in [6.45, 7) is 7.59. The fourth-order valence-electron chi connectivity index (χ4n) is 8.66. The van der Waals surface area contributed by atoms with Crippen LogP contribution < -0.4 is 32.0 Å². The molecular formula is C57H67N5O17. The molecule has 11 N–H and O–H groups in total. The second-order valence-electron chi connectivity index (χ2n) is 18.5. The lowest BCUT2D eigenvalue weighted by Gasteiger charge is -2.18. The molecule has 22 nitrogen and oxygen atoms in total. The Morgan fingerprint density at radius 3 is 1.61 bits per heavy atom. The predicted octanol–water partition coefficient (Wildman–Crippen LogP) is 7.12.